The molecule has 0 radical (unpaired) electrons. The number of phosphoric acid groups is 1. The monoisotopic (exact) mass is 1410 g/mol. The molecule has 11 N–H and O–H groups in total. The van der Waals surface area contributed by atoms with Crippen LogP contribution in [0.15, 0.2) is 12.2 Å². The van der Waals surface area contributed by atoms with Crippen LogP contribution in [0.1, 0.15) is 297 Å². The van der Waals surface area contributed by atoms with Crippen LogP contribution in [0, 0.1) is 0 Å². The van der Waals surface area contributed by atoms with E-state index < -0.39 is 156 Å². The number of rotatable bonds is 59. The van der Waals surface area contributed by atoms with E-state index in [-0.39, 0.29) is 19.3 Å². The molecule has 3 fully saturated rings. The van der Waals surface area contributed by atoms with Gasteiger partial charge in [-0.3, -0.25) is 23.4 Å². The minimum absolute atomic E-state index is 0.00940. The molecule has 0 bridgehead atoms. The minimum atomic E-state index is -5.69. The molecule has 2 aliphatic heterocycles. The Hall–Kier alpha value is -2.30. The van der Waals surface area contributed by atoms with E-state index in [4.69, 9.17) is 42.2 Å². The summed E-state index contributed by atoms with van der Waals surface area (Å²) in [5, 5.41) is 110. The highest BCUT2D eigenvalue weighted by Gasteiger charge is 2.58. The van der Waals surface area contributed by atoms with Crippen LogP contribution in [-0.2, 0) is 61.2 Å². The van der Waals surface area contributed by atoms with Gasteiger partial charge in [0.2, 0.25) is 0 Å². The summed E-state index contributed by atoms with van der Waals surface area (Å²) >= 11 is 0. The number of carbonyl (C=O) groups is 3. The van der Waals surface area contributed by atoms with E-state index in [2.05, 4.69) is 32.9 Å². The van der Waals surface area contributed by atoms with Crippen molar-refractivity contribution in [2.45, 2.75) is 401 Å². The lowest BCUT2D eigenvalue weighted by Crippen LogP contribution is -2.69. The van der Waals surface area contributed by atoms with E-state index in [1.165, 1.54) is 141 Å². The minimum Gasteiger partial charge on any atom is -0.463 e. The first-order valence-electron chi connectivity index (χ1n) is 38.0. The zero-order chi connectivity index (χ0) is 71.1. The highest BCUT2D eigenvalue weighted by atomic mass is 31.2. The molecule has 0 aromatic rings. The fourth-order valence-electron chi connectivity index (χ4n) is 12.6. The van der Waals surface area contributed by atoms with Gasteiger partial charge in [-0.2, -0.15) is 0 Å². The second-order valence-corrected chi connectivity index (χ2v) is 28.8. The Morgan fingerprint density at radius 1 is 0.392 bits per heavy atom. The molecule has 2 saturated heterocycles. The van der Waals surface area contributed by atoms with Crippen molar-refractivity contribution in [1.82, 2.24) is 0 Å². The fraction of sp³-hybridized carbons (Fsp3) is 0.931. The van der Waals surface area contributed by atoms with Gasteiger partial charge in [0.05, 0.1) is 13.2 Å². The Bertz CT molecular complexity index is 2060. The van der Waals surface area contributed by atoms with Crippen LogP contribution in [0.5, 0.6) is 0 Å². The number of ether oxygens (including phenoxy) is 7. The van der Waals surface area contributed by atoms with Crippen molar-refractivity contribution in [3.63, 3.8) is 0 Å². The van der Waals surface area contributed by atoms with E-state index in [1.807, 2.05) is 0 Å². The van der Waals surface area contributed by atoms with Crippen molar-refractivity contribution >= 4 is 25.7 Å². The van der Waals surface area contributed by atoms with Crippen molar-refractivity contribution in [3.8, 4) is 0 Å². The standard InChI is InChI=1S/C72H133O24P/c1-4-7-10-13-16-19-22-25-26-27-30-33-36-39-42-45-48-58(76)91-53(50-88-56(74)46-43-40-37-34-31-28-23-20-17-14-11-8-5-2)51-90-97(86,87)96-70-68(94-71-66(84)61(79)59(77)54(49-73)92-71)64(82)63(81)65(83)69(70)95-72-67(85)62(80)60(78)55(93-72)52-89-57(75)47-44-41-38-35-32-29-24-21-18-15-12-9-6-3/h29,32,53-55,59-73,77-85H,4-28,30-31,33-52H2,1-3H3,(H,86,87)/b32-29-. The fourth-order valence-corrected chi connectivity index (χ4v) is 13.5. The zero-order valence-corrected chi connectivity index (χ0v) is 60.3. The van der Waals surface area contributed by atoms with Crippen LogP contribution in [0.2, 0.25) is 0 Å². The van der Waals surface area contributed by atoms with Crippen LogP contribution in [0.25, 0.3) is 0 Å². The number of hydrogen-bond acceptors (Lipinski definition) is 23. The molecule has 24 nitrogen and oxygen atoms in total. The highest BCUT2D eigenvalue weighted by molar-refractivity contribution is 7.47. The summed E-state index contributed by atoms with van der Waals surface area (Å²) in [4.78, 5) is 51.0. The molecule has 2 heterocycles. The molecule has 0 aromatic carbocycles. The number of phosphoric ester groups is 1. The molecule has 570 valence electrons. The molecule has 3 aliphatic rings. The smallest absolute Gasteiger partial charge is 0.463 e. The highest BCUT2D eigenvalue weighted by Crippen LogP contribution is 2.49. The predicted molar refractivity (Wildman–Crippen MR) is 365 cm³/mol. The Labute approximate surface area is 580 Å². The molecule has 1 saturated carbocycles. The molecule has 18 atom stereocenters. The Morgan fingerprint density at radius 2 is 0.722 bits per heavy atom. The summed E-state index contributed by atoms with van der Waals surface area (Å²) in [6.45, 7) is 3.44. The number of esters is 3. The maximum Gasteiger partial charge on any atom is 0.472 e. The average molecular weight is 1410 g/mol. The summed E-state index contributed by atoms with van der Waals surface area (Å²) < 4.78 is 65.0. The number of allylic oxidation sites excluding steroid dienone is 2. The van der Waals surface area contributed by atoms with Gasteiger partial charge in [0, 0.05) is 19.3 Å². The molecule has 18 unspecified atom stereocenters. The molecular weight excluding hydrogens is 1280 g/mol. The van der Waals surface area contributed by atoms with Crippen molar-refractivity contribution in [2.75, 3.05) is 26.4 Å². The summed E-state index contributed by atoms with van der Waals surface area (Å²) in [5.41, 5.74) is 0. The first-order valence-corrected chi connectivity index (χ1v) is 39.5. The Morgan fingerprint density at radius 3 is 1.12 bits per heavy atom. The number of unbranched alkanes of at least 4 members (excludes halogenated alkanes) is 36. The number of hydrogen-bond donors (Lipinski definition) is 11. The van der Waals surface area contributed by atoms with E-state index in [0.29, 0.717) is 19.3 Å². The molecule has 0 aromatic heterocycles. The summed E-state index contributed by atoms with van der Waals surface area (Å²) in [5.74, 6) is -1.99. The lowest BCUT2D eigenvalue weighted by Gasteiger charge is -2.49. The molecule has 3 rings (SSSR count). The molecule has 1 aliphatic carbocycles. The third-order valence-electron chi connectivity index (χ3n) is 18.8. The van der Waals surface area contributed by atoms with E-state index in [1.54, 1.807) is 0 Å². The first-order chi connectivity index (χ1) is 46.8. The summed E-state index contributed by atoms with van der Waals surface area (Å²) in [6.07, 6.45) is 12.8. The topological polar surface area (TPSA) is 374 Å². The maximum atomic E-state index is 14.3. The van der Waals surface area contributed by atoms with E-state index in [9.17, 15) is 74.9 Å². The maximum absolute atomic E-state index is 14.3. The predicted octanol–water partition coefficient (Wildman–Crippen LogP) is 10.4. The molecular formula is C72H133O24P. The molecule has 0 spiro atoms. The lowest BCUT2D eigenvalue weighted by molar-refractivity contribution is -0.360. The van der Waals surface area contributed by atoms with Gasteiger partial charge in [-0.25, -0.2) is 4.57 Å². The Kier molecular flexibility index (Phi) is 49.8. The Balaban J connectivity index is 1.74. The first kappa shape index (κ1) is 88.9. The third-order valence-corrected chi connectivity index (χ3v) is 19.8. The van der Waals surface area contributed by atoms with Crippen LogP contribution < -0.4 is 0 Å². The van der Waals surface area contributed by atoms with Gasteiger partial charge in [-0.1, -0.05) is 245 Å². The zero-order valence-electron chi connectivity index (χ0n) is 59.4. The van der Waals surface area contributed by atoms with Gasteiger partial charge in [0.25, 0.3) is 0 Å². The second-order valence-electron chi connectivity index (χ2n) is 27.4. The van der Waals surface area contributed by atoms with Crippen LogP contribution in [0.4, 0.5) is 0 Å². The number of carbonyl (C=O) groups excluding carboxylic acids is 3. The third kappa shape index (κ3) is 37.6. The largest absolute Gasteiger partial charge is 0.472 e. The average Bonchev–Trinajstić information content (AvgIpc) is 0.771. The van der Waals surface area contributed by atoms with Gasteiger partial charge in [0.15, 0.2) is 18.7 Å². The van der Waals surface area contributed by atoms with Crippen LogP contribution in [-0.4, -0.2) is 204 Å². The van der Waals surface area contributed by atoms with E-state index >= 15 is 0 Å². The van der Waals surface area contributed by atoms with Gasteiger partial charge in [0.1, 0.15) is 98.7 Å². The summed E-state index contributed by atoms with van der Waals surface area (Å²) in [6, 6.07) is 0. The quantitative estimate of drug-likeness (QED) is 0.00886. The van der Waals surface area contributed by atoms with Crippen molar-refractivity contribution in [1.29, 1.82) is 0 Å². The van der Waals surface area contributed by atoms with Crippen molar-refractivity contribution in [3.05, 3.63) is 12.2 Å². The van der Waals surface area contributed by atoms with Gasteiger partial charge < -0.3 is 89.1 Å². The normalized spacial score (nSPS) is 27.8. The number of aliphatic hydroxyl groups is 10. The second kappa shape index (κ2) is 54.4. The van der Waals surface area contributed by atoms with E-state index in [0.717, 1.165) is 96.3 Å². The molecule has 25 heteroatoms. The van der Waals surface area contributed by atoms with Crippen LogP contribution in [0.3, 0.4) is 0 Å². The van der Waals surface area contributed by atoms with Crippen molar-refractivity contribution in [2.24, 2.45) is 0 Å². The van der Waals surface area contributed by atoms with Gasteiger partial charge in [-0.05, 0) is 44.9 Å². The van der Waals surface area contributed by atoms with Gasteiger partial charge in [-0.15, -0.1) is 0 Å². The molecule has 97 heavy (non-hydrogen) atoms. The lowest BCUT2D eigenvalue weighted by atomic mass is 9.84. The van der Waals surface area contributed by atoms with Crippen LogP contribution >= 0.6 is 7.82 Å². The molecule has 0 amide bonds. The number of aliphatic hydroxyl groups excluding tert-OH is 10. The SMILES string of the molecule is CCCCCCCC/C=C\CCCCCC(=O)OCC1OC(OC2C(O)C(O)C(O)C(OC3OC(CO)C(O)C(O)C3O)C2OP(=O)(O)OCC(COC(=O)CCCCCCCCCCCCCCC)OC(=O)CCCCCCCCCCCCCCCCCC)C(O)C(O)C1O. The van der Waals surface area contributed by atoms with Gasteiger partial charge >= 0.3 is 25.7 Å². The van der Waals surface area contributed by atoms with Crippen molar-refractivity contribution < 1.29 is 117 Å². The summed E-state index contributed by atoms with van der Waals surface area (Å²) in [7, 11) is -5.69.